The van der Waals surface area contributed by atoms with E-state index in [-0.39, 0.29) is 11.7 Å². The predicted octanol–water partition coefficient (Wildman–Crippen LogP) is 5.82. The van der Waals surface area contributed by atoms with Crippen LogP contribution in [0.4, 0.5) is 0 Å². The molecule has 0 unspecified atom stereocenters. The van der Waals surface area contributed by atoms with Crippen molar-refractivity contribution in [2.24, 2.45) is 0 Å². The highest BCUT2D eigenvalue weighted by atomic mass is 79.9. The minimum atomic E-state index is -0.414. The third-order valence-electron chi connectivity index (χ3n) is 5.36. The van der Waals surface area contributed by atoms with Crippen LogP contribution in [0, 0.1) is 6.92 Å². The third-order valence-corrected chi connectivity index (χ3v) is 5.86. The number of carbonyl (C=O) groups excluding carboxylic acids is 1. The predicted molar refractivity (Wildman–Crippen MR) is 121 cm³/mol. The number of aliphatic hydroxyl groups is 1. The molecule has 1 N–H and O–H groups in total. The van der Waals surface area contributed by atoms with E-state index in [1.807, 2.05) is 79.7 Å². The molecule has 3 aromatic carbocycles. The van der Waals surface area contributed by atoms with Gasteiger partial charge < -0.3 is 14.7 Å². The molecule has 0 spiro atoms. The van der Waals surface area contributed by atoms with Crippen LogP contribution in [0.5, 0.6) is 5.75 Å². The Hall–Kier alpha value is -3.05. The maximum atomic E-state index is 13.2. The number of aryl methyl sites for hydroxylation is 1. The van der Waals surface area contributed by atoms with Crippen molar-refractivity contribution in [3.63, 3.8) is 0 Å². The number of methoxy groups -OCH3 is 1. The molecule has 152 valence electrons. The summed E-state index contributed by atoms with van der Waals surface area (Å²) in [7, 11) is 1.61. The smallest absolute Gasteiger partial charge is 0.290 e. The molecule has 0 bridgehead atoms. The fourth-order valence-electron chi connectivity index (χ4n) is 3.89. The molecule has 1 atom stereocenters. The lowest BCUT2D eigenvalue weighted by Crippen LogP contribution is -2.30. The van der Waals surface area contributed by atoms with Crippen LogP contribution in [0.2, 0.25) is 0 Å². The number of para-hydroxylation sites is 1. The van der Waals surface area contributed by atoms with Gasteiger partial charge in [-0.2, -0.15) is 0 Å². The number of benzene rings is 3. The lowest BCUT2D eigenvalue weighted by molar-refractivity contribution is -0.130. The van der Waals surface area contributed by atoms with Crippen molar-refractivity contribution in [1.82, 2.24) is 4.90 Å². The first-order chi connectivity index (χ1) is 14.5. The van der Waals surface area contributed by atoms with Crippen LogP contribution >= 0.6 is 15.9 Å². The summed E-state index contributed by atoms with van der Waals surface area (Å²) in [6, 6.07) is 22.9. The maximum absolute atomic E-state index is 13.2. The zero-order valence-electron chi connectivity index (χ0n) is 16.8. The average Bonchev–Trinajstić information content (AvgIpc) is 3.00. The molecule has 0 saturated heterocycles. The van der Waals surface area contributed by atoms with Gasteiger partial charge in [-0.1, -0.05) is 76.1 Å². The van der Waals surface area contributed by atoms with E-state index in [4.69, 9.17) is 4.74 Å². The molecular formula is C25H22BrNO3. The monoisotopic (exact) mass is 463 g/mol. The fraction of sp³-hybridized carbons (Fsp3) is 0.160. The number of ether oxygens (including phenoxy) is 1. The van der Waals surface area contributed by atoms with Crippen LogP contribution in [-0.2, 0) is 11.3 Å². The Bertz CT molecular complexity index is 1120. The summed E-state index contributed by atoms with van der Waals surface area (Å²) < 4.78 is 6.40. The molecule has 3 aromatic rings. The molecular weight excluding hydrogens is 442 g/mol. The molecule has 4 rings (SSSR count). The second kappa shape index (κ2) is 8.36. The van der Waals surface area contributed by atoms with Gasteiger partial charge in [-0.05, 0) is 36.2 Å². The number of halogens is 1. The summed E-state index contributed by atoms with van der Waals surface area (Å²) in [5.41, 5.74) is 4.37. The molecule has 1 heterocycles. The van der Waals surface area contributed by atoms with Crippen molar-refractivity contribution in [3.05, 3.63) is 105 Å². The largest absolute Gasteiger partial charge is 0.503 e. The van der Waals surface area contributed by atoms with E-state index in [1.165, 1.54) is 0 Å². The minimum Gasteiger partial charge on any atom is -0.503 e. The highest BCUT2D eigenvalue weighted by Gasteiger charge is 2.41. The Kier molecular flexibility index (Phi) is 5.64. The number of carbonyl (C=O) groups is 1. The summed E-state index contributed by atoms with van der Waals surface area (Å²) >= 11 is 3.53. The Labute approximate surface area is 184 Å². The van der Waals surface area contributed by atoms with Crippen LogP contribution in [-0.4, -0.2) is 23.0 Å². The van der Waals surface area contributed by atoms with Crippen LogP contribution in [0.3, 0.4) is 0 Å². The standard InChI is InChI=1S/C25H22BrNO3/c1-16-10-12-17(13-11-16)22-23(18-7-5-8-20(26)14-18)27(25(29)24(22)28)15-19-6-3-4-9-21(19)30-2/h3-14,23,28H,15H2,1-2H3/t23-/m0/s1. The summed E-state index contributed by atoms with van der Waals surface area (Å²) in [6.45, 7) is 2.33. The van der Waals surface area contributed by atoms with E-state index >= 15 is 0 Å². The molecule has 5 heteroatoms. The maximum Gasteiger partial charge on any atom is 0.290 e. The third kappa shape index (κ3) is 3.73. The van der Waals surface area contributed by atoms with Crippen molar-refractivity contribution in [2.75, 3.05) is 7.11 Å². The Morgan fingerprint density at radius 2 is 1.77 bits per heavy atom. The van der Waals surface area contributed by atoms with Crippen LogP contribution in [0.1, 0.15) is 28.3 Å². The normalized spacial score (nSPS) is 16.3. The molecule has 0 fully saturated rings. The van der Waals surface area contributed by atoms with Crippen LogP contribution in [0.15, 0.2) is 83.0 Å². The van der Waals surface area contributed by atoms with Crippen molar-refractivity contribution in [1.29, 1.82) is 0 Å². The Morgan fingerprint density at radius 1 is 1.03 bits per heavy atom. The van der Waals surface area contributed by atoms with Gasteiger partial charge in [-0.15, -0.1) is 0 Å². The van der Waals surface area contributed by atoms with E-state index in [1.54, 1.807) is 12.0 Å². The van der Waals surface area contributed by atoms with Gasteiger partial charge in [0.1, 0.15) is 5.75 Å². The minimum absolute atomic E-state index is 0.210. The lowest BCUT2D eigenvalue weighted by Gasteiger charge is -2.28. The van der Waals surface area contributed by atoms with Gasteiger partial charge in [0.05, 0.1) is 19.7 Å². The van der Waals surface area contributed by atoms with E-state index in [9.17, 15) is 9.90 Å². The SMILES string of the molecule is COc1ccccc1CN1C(=O)C(O)=C(c2ccc(C)cc2)[C@@H]1c1cccc(Br)c1. The van der Waals surface area contributed by atoms with Gasteiger partial charge in [0, 0.05) is 15.6 Å². The number of hydrogen-bond donors (Lipinski definition) is 1. The highest BCUT2D eigenvalue weighted by Crippen LogP contribution is 2.44. The fourth-order valence-corrected chi connectivity index (χ4v) is 4.30. The molecule has 1 amide bonds. The second-order valence-corrected chi connectivity index (χ2v) is 8.25. The molecule has 0 aliphatic carbocycles. The van der Waals surface area contributed by atoms with E-state index in [2.05, 4.69) is 15.9 Å². The molecule has 0 aromatic heterocycles. The van der Waals surface area contributed by atoms with Crippen LogP contribution < -0.4 is 4.74 Å². The van der Waals surface area contributed by atoms with E-state index in [0.29, 0.717) is 17.9 Å². The van der Waals surface area contributed by atoms with Crippen molar-refractivity contribution in [2.45, 2.75) is 19.5 Å². The van der Waals surface area contributed by atoms with Gasteiger partial charge in [-0.25, -0.2) is 0 Å². The first-order valence-electron chi connectivity index (χ1n) is 9.68. The zero-order valence-corrected chi connectivity index (χ0v) is 18.4. The molecule has 0 radical (unpaired) electrons. The Balaban J connectivity index is 1.83. The zero-order chi connectivity index (χ0) is 21.3. The topological polar surface area (TPSA) is 49.8 Å². The first kappa shape index (κ1) is 20.2. The molecule has 1 aliphatic rings. The van der Waals surface area contributed by atoms with Crippen molar-refractivity contribution in [3.8, 4) is 5.75 Å². The van der Waals surface area contributed by atoms with Gasteiger partial charge in [0.2, 0.25) is 0 Å². The summed E-state index contributed by atoms with van der Waals surface area (Å²) in [5, 5.41) is 10.9. The highest BCUT2D eigenvalue weighted by molar-refractivity contribution is 9.10. The van der Waals surface area contributed by atoms with Gasteiger partial charge in [-0.3, -0.25) is 4.79 Å². The number of amides is 1. The van der Waals surface area contributed by atoms with Crippen molar-refractivity contribution < 1.29 is 14.6 Å². The van der Waals surface area contributed by atoms with Gasteiger partial charge in [0.15, 0.2) is 5.76 Å². The van der Waals surface area contributed by atoms with E-state index in [0.717, 1.165) is 26.7 Å². The van der Waals surface area contributed by atoms with Gasteiger partial charge >= 0.3 is 0 Å². The average molecular weight is 464 g/mol. The number of aliphatic hydroxyl groups excluding tert-OH is 1. The molecule has 4 nitrogen and oxygen atoms in total. The second-order valence-electron chi connectivity index (χ2n) is 7.33. The van der Waals surface area contributed by atoms with E-state index < -0.39 is 6.04 Å². The lowest BCUT2D eigenvalue weighted by atomic mass is 9.93. The quantitative estimate of drug-likeness (QED) is 0.518. The Morgan fingerprint density at radius 3 is 2.47 bits per heavy atom. The van der Waals surface area contributed by atoms with Crippen LogP contribution in [0.25, 0.3) is 5.57 Å². The van der Waals surface area contributed by atoms with Gasteiger partial charge in [0.25, 0.3) is 5.91 Å². The molecule has 1 aliphatic heterocycles. The molecule has 30 heavy (non-hydrogen) atoms. The number of hydrogen-bond acceptors (Lipinski definition) is 3. The summed E-state index contributed by atoms with van der Waals surface area (Å²) in [5.74, 6) is 0.113. The summed E-state index contributed by atoms with van der Waals surface area (Å²) in [6.07, 6.45) is 0. The summed E-state index contributed by atoms with van der Waals surface area (Å²) in [4.78, 5) is 14.9. The van der Waals surface area contributed by atoms with Crippen molar-refractivity contribution >= 4 is 27.4 Å². The number of nitrogens with zero attached hydrogens (tertiary/aromatic N) is 1. The first-order valence-corrected chi connectivity index (χ1v) is 10.5. The molecule has 0 saturated carbocycles. The number of rotatable bonds is 5.